The van der Waals surface area contributed by atoms with Gasteiger partial charge in [-0.3, -0.25) is 4.98 Å². The highest BCUT2D eigenvalue weighted by atomic mass is 16.3. The Kier molecular flexibility index (Phi) is 2.11. The Labute approximate surface area is 92.3 Å². The number of pyridine rings is 1. The highest BCUT2D eigenvalue weighted by Gasteiger charge is 2.07. The summed E-state index contributed by atoms with van der Waals surface area (Å²) >= 11 is 0. The molecule has 80 valence electrons. The molecule has 1 N–H and O–H groups in total. The van der Waals surface area contributed by atoms with E-state index < -0.39 is 0 Å². The predicted molar refractivity (Wildman–Crippen MR) is 62.3 cm³/mol. The van der Waals surface area contributed by atoms with Crippen molar-refractivity contribution in [2.24, 2.45) is 0 Å². The summed E-state index contributed by atoms with van der Waals surface area (Å²) in [6.07, 6.45) is 2.28. The van der Waals surface area contributed by atoms with Crippen molar-refractivity contribution in [1.82, 2.24) is 4.98 Å². The number of aliphatic hydroxyl groups excluding tert-OH is 1. The molecule has 0 aliphatic carbocycles. The maximum atomic E-state index is 8.88. The molecule has 2 aromatic heterocycles. The van der Waals surface area contributed by atoms with Crippen molar-refractivity contribution in [3.8, 4) is 0 Å². The van der Waals surface area contributed by atoms with Crippen LogP contribution in [0.25, 0.3) is 21.9 Å². The molecule has 2 heterocycles. The van der Waals surface area contributed by atoms with Crippen molar-refractivity contribution in [1.29, 1.82) is 0 Å². The lowest BCUT2D eigenvalue weighted by Crippen LogP contribution is -1.85. The molecule has 16 heavy (non-hydrogen) atoms. The van der Waals surface area contributed by atoms with Gasteiger partial charge in [0.05, 0.1) is 18.3 Å². The van der Waals surface area contributed by atoms with E-state index in [1.807, 2.05) is 30.3 Å². The third kappa shape index (κ3) is 1.37. The summed E-state index contributed by atoms with van der Waals surface area (Å²) in [7, 11) is 0. The van der Waals surface area contributed by atoms with Gasteiger partial charge in [-0.15, -0.1) is 0 Å². The Bertz CT molecular complexity index is 643. The van der Waals surface area contributed by atoms with Crippen molar-refractivity contribution in [2.45, 2.75) is 6.42 Å². The minimum Gasteiger partial charge on any atom is -0.459 e. The monoisotopic (exact) mass is 213 g/mol. The lowest BCUT2D eigenvalue weighted by Gasteiger charge is -1.95. The molecule has 3 nitrogen and oxygen atoms in total. The summed E-state index contributed by atoms with van der Waals surface area (Å²) < 4.78 is 5.59. The molecule has 0 aliphatic rings. The number of nitrogens with zero attached hydrogens (tertiary/aromatic N) is 1. The van der Waals surface area contributed by atoms with Crippen molar-refractivity contribution in [2.75, 3.05) is 6.61 Å². The number of furan rings is 1. The Balaban J connectivity index is 2.32. The first-order valence-electron chi connectivity index (χ1n) is 5.25. The predicted octanol–water partition coefficient (Wildman–Crippen LogP) is 2.52. The van der Waals surface area contributed by atoms with E-state index in [4.69, 9.17) is 9.52 Å². The van der Waals surface area contributed by atoms with Gasteiger partial charge in [0.1, 0.15) is 5.76 Å². The van der Waals surface area contributed by atoms with Crippen LogP contribution < -0.4 is 0 Å². The topological polar surface area (TPSA) is 46.3 Å². The molecular formula is C13H11NO2. The fourth-order valence-corrected chi connectivity index (χ4v) is 1.94. The number of aliphatic hydroxyl groups is 1. The quantitative estimate of drug-likeness (QED) is 0.711. The van der Waals surface area contributed by atoms with E-state index in [2.05, 4.69) is 4.98 Å². The first kappa shape index (κ1) is 9.36. The van der Waals surface area contributed by atoms with Crippen molar-refractivity contribution in [3.05, 3.63) is 42.3 Å². The number of benzene rings is 1. The van der Waals surface area contributed by atoms with Gasteiger partial charge in [0.25, 0.3) is 0 Å². The fraction of sp³-hybridized carbons (Fsp3) is 0.154. The largest absolute Gasteiger partial charge is 0.459 e. The van der Waals surface area contributed by atoms with Gasteiger partial charge in [-0.1, -0.05) is 18.2 Å². The van der Waals surface area contributed by atoms with Gasteiger partial charge in [0.2, 0.25) is 0 Å². The molecule has 3 aromatic rings. The van der Waals surface area contributed by atoms with E-state index in [9.17, 15) is 0 Å². The standard InChI is InChI=1S/C13H11NO2/c15-6-5-9-7-11-10-3-1-2-4-12(10)14-8-13(11)16-9/h1-4,7-8,15H,5-6H2. The van der Waals surface area contributed by atoms with Gasteiger partial charge < -0.3 is 9.52 Å². The van der Waals surface area contributed by atoms with Crippen LogP contribution in [0.5, 0.6) is 0 Å². The minimum atomic E-state index is 0.102. The smallest absolute Gasteiger partial charge is 0.153 e. The third-order valence-corrected chi connectivity index (χ3v) is 2.69. The SMILES string of the molecule is OCCc1cc2c(cnc3ccccc32)o1. The van der Waals surface area contributed by atoms with Gasteiger partial charge in [-0.05, 0) is 12.1 Å². The maximum Gasteiger partial charge on any atom is 0.153 e. The second kappa shape index (κ2) is 3.61. The highest BCUT2D eigenvalue weighted by molar-refractivity contribution is 6.03. The molecular weight excluding hydrogens is 202 g/mol. The van der Waals surface area contributed by atoms with E-state index >= 15 is 0 Å². The first-order chi connectivity index (χ1) is 7.88. The van der Waals surface area contributed by atoms with Crippen LogP contribution in [-0.2, 0) is 6.42 Å². The summed E-state index contributed by atoms with van der Waals surface area (Å²) in [4.78, 5) is 4.33. The van der Waals surface area contributed by atoms with Crippen LogP contribution >= 0.6 is 0 Å². The van der Waals surface area contributed by atoms with E-state index in [1.165, 1.54) is 0 Å². The molecule has 0 atom stereocenters. The molecule has 3 rings (SSSR count). The summed E-state index contributed by atoms with van der Waals surface area (Å²) in [5.41, 5.74) is 1.74. The van der Waals surface area contributed by atoms with Crippen LogP contribution in [0.1, 0.15) is 5.76 Å². The average Bonchev–Trinajstić information content (AvgIpc) is 2.72. The van der Waals surface area contributed by atoms with Crippen molar-refractivity contribution >= 4 is 21.9 Å². The molecule has 0 fully saturated rings. The van der Waals surface area contributed by atoms with Crippen LogP contribution in [0.3, 0.4) is 0 Å². The molecule has 0 saturated carbocycles. The maximum absolute atomic E-state index is 8.88. The van der Waals surface area contributed by atoms with Crippen LogP contribution in [0.15, 0.2) is 40.9 Å². The Morgan fingerprint density at radius 3 is 2.94 bits per heavy atom. The highest BCUT2D eigenvalue weighted by Crippen LogP contribution is 2.26. The fourth-order valence-electron chi connectivity index (χ4n) is 1.94. The van der Waals surface area contributed by atoms with E-state index in [0.29, 0.717) is 6.42 Å². The van der Waals surface area contributed by atoms with Gasteiger partial charge in [0.15, 0.2) is 5.58 Å². The lowest BCUT2D eigenvalue weighted by atomic mass is 10.1. The number of rotatable bonds is 2. The second-order valence-corrected chi connectivity index (χ2v) is 3.74. The number of hydrogen-bond donors (Lipinski definition) is 1. The van der Waals surface area contributed by atoms with Crippen LogP contribution in [-0.4, -0.2) is 16.7 Å². The molecule has 0 radical (unpaired) electrons. The van der Waals surface area contributed by atoms with Gasteiger partial charge in [-0.2, -0.15) is 0 Å². The van der Waals surface area contributed by atoms with Crippen molar-refractivity contribution in [3.63, 3.8) is 0 Å². The third-order valence-electron chi connectivity index (χ3n) is 2.69. The minimum absolute atomic E-state index is 0.102. The second-order valence-electron chi connectivity index (χ2n) is 3.74. The van der Waals surface area contributed by atoms with Crippen molar-refractivity contribution < 1.29 is 9.52 Å². The number of fused-ring (bicyclic) bond motifs is 3. The number of para-hydroxylation sites is 1. The number of aromatic nitrogens is 1. The summed E-state index contributed by atoms with van der Waals surface area (Å²) in [5.74, 6) is 0.802. The molecule has 1 aromatic carbocycles. The van der Waals surface area contributed by atoms with E-state index in [-0.39, 0.29) is 6.61 Å². The summed E-state index contributed by atoms with van der Waals surface area (Å²) in [5, 5.41) is 11.0. The molecule has 0 amide bonds. The molecule has 0 saturated heterocycles. The van der Waals surface area contributed by atoms with Gasteiger partial charge >= 0.3 is 0 Å². The lowest BCUT2D eigenvalue weighted by molar-refractivity contribution is 0.289. The zero-order valence-electron chi connectivity index (χ0n) is 8.68. The Morgan fingerprint density at radius 1 is 1.19 bits per heavy atom. The van der Waals surface area contributed by atoms with Crippen LogP contribution in [0.2, 0.25) is 0 Å². The number of hydrogen-bond acceptors (Lipinski definition) is 3. The summed E-state index contributed by atoms with van der Waals surface area (Å²) in [6, 6.07) is 9.95. The normalized spacial score (nSPS) is 11.3. The van der Waals surface area contributed by atoms with Crippen LogP contribution in [0, 0.1) is 0 Å². The van der Waals surface area contributed by atoms with Gasteiger partial charge in [0, 0.05) is 17.2 Å². The van der Waals surface area contributed by atoms with Gasteiger partial charge in [-0.25, -0.2) is 0 Å². The zero-order valence-corrected chi connectivity index (χ0v) is 8.68. The molecule has 3 heteroatoms. The van der Waals surface area contributed by atoms with Crippen LogP contribution in [0.4, 0.5) is 0 Å². The molecule has 0 aliphatic heterocycles. The molecule has 0 bridgehead atoms. The molecule has 0 unspecified atom stereocenters. The Morgan fingerprint density at radius 2 is 2.06 bits per heavy atom. The summed E-state index contributed by atoms with van der Waals surface area (Å²) in [6.45, 7) is 0.102. The van der Waals surface area contributed by atoms with E-state index in [1.54, 1.807) is 6.20 Å². The first-order valence-corrected chi connectivity index (χ1v) is 5.25. The Hall–Kier alpha value is -1.87. The zero-order chi connectivity index (χ0) is 11.0. The van der Waals surface area contributed by atoms with E-state index in [0.717, 1.165) is 27.6 Å². The average molecular weight is 213 g/mol. The molecule has 0 spiro atoms.